The van der Waals surface area contributed by atoms with Gasteiger partial charge in [0.05, 0.1) is 6.54 Å². The van der Waals surface area contributed by atoms with Crippen molar-refractivity contribution in [3.05, 3.63) is 0 Å². The number of hydrogen-bond donors (Lipinski definition) is 1. The molecule has 1 unspecified atom stereocenters. The highest BCUT2D eigenvalue weighted by atomic mass is 16.2. The lowest BCUT2D eigenvalue weighted by Gasteiger charge is -2.22. The van der Waals surface area contributed by atoms with E-state index in [0.717, 1.165) is 19.3 Å². The zero-order chi connectivity index (χ0) is 11.1. The average Bonchev–Trinajstić information content (AvgIpc) is 2.65. The molecule has 0 aromatic rings. The summed E-state index contributed by atoms with van der Waals surface area (Å²) in [5, 5.41) is 2.74. The predicted molar refractivity (Wildman–Crippen MR) is 58.6 cm³/mol. The zero-order valence-electron chi connectivity index (χ0n) is 9.37. The topological polar surface area (TPSA) is 49.4 Å². The van der Waals surface area contributed by atoms with Crippen molar-refractivity contribution in [1.29, 1.82) is 0 Å². The Balaban J connectivity index is 2.21. The summed E-state index contributed by atoms with van der Waals surface area (Å²) in [4.78, 5) is 23.8. The minimum atomic E-state index is 0.0391. The summed E-state index contributed by atoms with van der Waals surface area (Å²) >= 11 is 0. The van der Waals surface area contributed by atoms with E-state index in [1.807, 2.05) is 0 Å². The lowest BCUT2D eigenvalue weighted by molar-refractivity contribution is -0.122. The van der Waals surface area contributed by atoms with Crippen LogP contribution in [0.15, 0.2) is 0 Å². The minimum absolute atomic E-state index is 0.0391. The molecule has 1 aliphatic rings. The number of amides is 1. The molecule has 1 fully saturated rings. The maximum Gasteiger partial charge on any atom is 0.234 e. The second kappa shape index (κ2) is 6.56. The van der Waals surface area contributed by atoms with Crippen LogP contribution in [0.1, 0.15) is 32.6 Å². The van der Waals surface area contributed by atoms with E-state index >= 15 is 0 Å². The third kappa shape index (κ3) is 4.00. The first kappa shape index (κ1) is 12.2. The summed E-state index contributed by atoms with van der Waals surface area (Å²) in [6.45, 7) is 4.14. The van der Waals surface area contributed by atoms with E-state index in [9.17, 15) is 9.59 Å². The molecule has 4 nitrogen and oxygen atoms in total. The molecule has 1 aliphatic heterocycles. The van der Waals surface area contributed by atoms with Crippen molar-refractivity contribution in [3.63, 3.8) is 0 Å². The van der Waals surface area contributed by atoms with E-state index < -0.39 is 0 Å². The van der Waals surface area contributed by atoms with Crippen LogP contribution in [0.3, 0.4) is 0 Å². The molecule has 86 valence electrons. The van der Waals surface area contributed by atoms with Crippen molar-refractivity contribution in [2.75, 3.05) is 19.6 Å². The third-order valence-electron chi connectivity index (χ3n) is 2.90. The second-order valence-corrected chi connectivity index (χ2v) is 3.98. The Morgan fingerprint density at radius 1 is 1.60 bits per heavy atom. The molecule has 1 N–H and O–H groups in total. The molecule has 4 heteroatoms. The van der Waals surface area contributed by atoms with Gasteiger partial charge < -0.3 is 10.1 Å². The standard InChI is InChI=1S/C11H20N2O2/c1-2-10-5-3-7-13(10)9-11(15)12-6-4-8-14/h8,10H,2-7,9H2,1H3,(H,12,15)/i1+1,8+1,9+1,12+1. The molecular weight excluding hydrogens is 196 g/mol. The highest BCUT2D eigenvalue weighted by molar-refractivity contribution is 5.78. The number of carbonyl (C=O) groups excluding carboxylic acids is 2. The van der Waals surface area contributed by atoms with Gasteiger partial charge in [-0.25, -0.2) is 0 Å². The first-order valence-electron chi connectivity index (χ1n) is 5.72. The predicted octanol–water partition coefficient (Wildman–Crippen LogP) is 0.566. The number of likely N-dealkylation sites (tertiary alicyclic amines) is 1. The maximum absolute atomic E-state index is 11.5. The number of hydrogen-bond acceptors (Lipinski definition) is 3. The first-order chi connectivity index (χ1) is 7.27. The van der Waals surface area contributed by atoms with Crippen molar-refractivity contribution in [2.45, 2.75) is 38.6 Å². The summed E-state index contributed by atoms with van der Waals surface area (Å²) in [7, 11) is 0. The Kier molecular flexibility index (Phi) is 5.32. The molecule has 1 atom stereocenters. The number of aldehydes is 1. The van der Waals surface area contributed by atoms with E-state index in [0.29, 0.717) is 25.6 Å². The summed E-state index contributed by atoms with van der Waals surface area (Å²) in [5.74, 6) is 0.0391. The van der Waals surface area contributed by atoms with Crippen LogP contribution in [-0.4, -0.2) is 42.8 Å². The van der Waals surface area contributed by atoms with Crippen molar-refractivity contribution in [2.24, 2.45) is 0 Å². The van der Waals surface area contributed by atoms with Gasteiger partial charge in [0.25, 0.3) is 0 Å². The minimum Gasteiger partial charge on any atom is -0.355 e. The molecule has 1 saturated heterocycles. The normalized spacial score (nSPS) is 21.5. The largest absolute Gasteiger partial charge is 0.355 e. The van der Waals surface area contributed by atoms with Gasteiger partial charge in [0.1, 0.15) is 6.29 Å². The molecule has 0 saturated carbocycles. The molecule has 1 rings (SSSR count). The molecule has 1 amide bonds. The van der Waals surface area contributed by atoms with Crippen LogP contribution < -0.4 is 5.32 Å². The summed E-state index contributed by atoms with van der Waals surface area (Å²) in [6.07, 6.45) is 4.74. The van der Waals surface area contributed by atoms with Gasteiger partial charge in [0, 0.05) is 19.0 Å². The van der Waals surface area contributed by atoms with E-state index in [2.05, 4.69) is 17.1 Å². The van der Waals surface area contributed by atoms with Gasteiger partial charge in [0.15, 0.2) is 0 Å². The molecule has 0 aromatic carbocycles. The van der Waals surface area contributed by atoms with Crippen LogP contribution in [-0.2, 0) is 9.59 Å². The number of nitrogens with zero attached hydrogens (tertiary/aromatic N) is 1. The molecule has 15 heavy (non-hydrogen) atoms. The lowest BCUT2D eigenvalue weighted by Crippen LogP contribution is -2.39. The molecule has 0 radical (unpaired) electrons. The highest BCUT2D eigenvalue weighted by Gasteiger charge is 2.24. The zero-order valence-corrected chi connectivity index (χ0v) is 9.37. The average molecular weight is 216 g/mol. The van der Waals surface area contributed by atoms with Gasteiger partial charge in [-0.15, -0.1) is 0 Å². The lowest BCUT2D eigenvalue weighted by atomic mass is 10.2. The monoisotopic (exact) mass is 216 g/mol. The molecule has 0 spiro atoms. The van der Waals surface area contributed by atoms with Gasteiger partial charge in [-0.1, -0.05) is 6.92 Å². The van der Waals surface area contributed by atoms with Crippen molar-refractivity contribution in [3.8, 4) is 0 Å². The van der Waals surface area contributed by atoms with E-state index in [-0.39, 0.29) is 5.91 Å². The Morgan fingerprint density at radius 3 is 3.07 bits per heavy atom. The Bertz CT molecular complexity index is 219. The maximum atomic E-state index is 11.5. The highest BCUT2D eigenvalue weighted by Crippen LogP contribution is 2.18. The first-order valence-corrected chi connectivity index (χ1v) is 5.72. The van der Waals surface area contributed by atoms with Crippen LogP contribution in [0, 0.1) is 0 Å². The summed E-state index contributed by atoms with van der Waals surface area (Å²) < 4.78 is 0. The van der Waals surface area contributed by atoms with Gasteiger partial charge in [-0.2, -0.15) is 0 Å². The van der Waals surface area contributed by atoms with Gasteiger partial charge >= 0.3 is 0 Å². The summed E-state index contributed by atoms with van der Waals surface area (Å²) in [5.41, 5.74) is 0. The van der Waals surface area contributed by atoms with Gasteiger partial charge in [-0.05, 0) is 25.8 Å². The van der Waals surface area contributed by atoms with Crippen LogP contribution >= 0.6 is 0 Å². The van der Waals surface area contributed by atoms with Crippen LogP contribution in [0.4, 0.5) is 0 Å². The van der Waals surface area contributed by atoms with Crippen LogP contribution in [0.2, 0.25) is 0 Å². The van der Waals surface area contributed by atoms with E-state index in [4.69, 9.17) is 0 Å². The summed E-state index contributed by atoms with van der Waals surface area (Å²) in [6, 6.07) is 0.571. The van der Waals surface area contributed by atoms with Crippen molar-refractivity contribution < 1.29 is 9.59 Å². The number of rotatable bonds is 6. The molecule has 0 aromatic heterocycles. The van der Waals surface area contributed by atoms with Gasteiger partial charge in [0.2, 0.25) is 5.91 Å². The molecular formula is C11H20N2O2. The molecule has 0 bridgehead atoms. The fourth-order valence-corrected chi connectivity index (χ4v) is 2.08. The fourth-order valence-electron chi connectivity index (χ4n) is 2.08. The third-order valence-corrected chi connectivity index (χ3v) is 2.90. The fraction of sp³-hybridized carbons (Fsp3) is 0.818. The number of nitrogens with one attached hydrogen (secondary N) is 1. The van der Waals surface area contributed by atoms with Crippen LogP contribution in [0.25, 0.3) is 0 Å². The van der Waals surface area contributed by atoms with E-state index in [1.165, 1.54) is 12.8 Å². The molecule has 1 heterocycles. The smallest absolute Gasteiger partial charge is 0.234 e. The molecule has 0 aliphatic carbocycles. The Morgan fingerprint density at radius 2 is 2.40 bits per heavy atom. The van der Waals surface area contributed by atoms with Gasteiger partial charge in [-0.3, -0.25) is 9.69 Å². The van der Waals surface area contributed by atoms with Crippen molar-refractivity contribution >= 4 is 12.2 Å². The second-order valence-electron chi connectivity index (χ2n) is 3.98. The van der Waals surface area contributed by atoms with E-state index in [1.54, 1.807) is 0 Å². The Labute approximate surface area is 91.0 Å². The Hall–Kier alpha value is -0.900. The number of carbonyl (C=O) groups is 2. The quantitative estimate of drug-likeness (QED) is 0.305. The SMILES string of the molecule is [13CH3]CC1CCCN1[13CH2]C(=O)[15NH]CC[13CH]=O. The van der Waals surface area contributed by atoms with Crippen LogP contribution in [0.5, 0.6) is 0 Å². The van der Waals surface area contributed by atoms with Crippen molar-refractivity contribution in [1.82, 2.24) is 10.2 Å².